The number of rotatable bonds is 9. The summed E-state index contributed by atoms with van der Waals surface area (Å²) in [4.78, 5) is 4.07. The topological polar surface area (TPSA) is 44.8 Å². The SMILES string of the molecule is CCO[P@@](=O)(c1ccc(N(C)C)cc1)[C@H](Nc1ccccc1)c1ccc(N(C)C)cc1. The molecule has 0 aliphatic carbocycles. The first-order chi connectivity index (χ1) is 14.8. The zero-order chi connectivity index (χ0) is 22.4. The van der Waals surface area contributed by atoms with Gasteiger partial charge in [0.2, 0.25) is 0 Å². The molecule has 1 N–H and O–H groups in total. The van der Waals surface area contributed by atoms with Crippen LogP contribution in [0.1, 0.15) is 18.3 Å². The second-order valence-corrected chi connectivity index (χ2v) is 10.3. The van der Waals surface area contributed by atoms with E-state index in [1.165, 1.54) is 0 Å². The Morgan fingerprint density at radius 2 is 1.32 bits per heavy atom. The van der Waals surface area contributed by atoms with Crippen molar-refractivity contribution in [2.24, 2.45) is 0 Å². The van der Waals surface area contributed by atoms with Gasteiger partial charge < -0.3 is 19.6 Å². The van der Waals surface area contributed by atoms with Gasteiger partial charge in [0.25, 0.3) is 7.37 Å². The van der Waals surface area contributed by atoms with Crippen LogP contribution in [0.4, 0.5) is 17.1 Å². The smallest absolute Gasteiger partial charge is 0.258 e. The largest absolute Gasteiger partial charge is 0.378 e. The zero-order valence-corrected chi connectivity index (χ0v) is 19.8. The number of nitrogens with zero attached hydrogens (tertiary/aromatic N) is 2. The summed E-state index contributed by atoms with van der Waals surface area (Å²) in [6.07, 6.45) is 0. The van der Waals surface area contributed by atoms with E-state index >= 15 is 0 Å². The van der Waals surface area contributed by atoms with Gasteiger partial charge in [0.1, 0.15) is 5.78 Å². The molecule has 3 aromatic carbocycles. The van der Waals surface area contributed by atoms with E-state index in [2.05, 4.69) is 5.32 Å². The molecule has 2 atom stereocenters. The van der Waals surface area contributed by atoms with Gasteiger partial charge in [-0.3, -0.25) is 4.57 Å². The van der Waals surface area contributed by atoms with Crippen LogP contribution in [-0.4, -0.2) is 34.8 Å². The third kappa shape index (κ3) is 5.30. The molecule has 0 unspecified atom stereocenters. The lowest BCUT2D eigenvalue weighted by molar-refractivity contribution is 0.335. The van der Waals surface area contributed by atoms with E-state index in [-0.39, 0.29) is 0 Å². The van der Waals surface area contributed by atoms with E-state index in [0.717, 1.165) is 22.6 Å². The summed E-state index contributed by atoms with van der Waals surface area (Å²) in [5.41, 5.74) is 3.95. The van der Waals surface area contributed by atoms with Gasteiger partial charge in [-0.25, -0.2) is 0 Å². The number of para-hydroxylation sites is 1. The average molecular weight is 438 g/mol. The standard InChI is InChI=1S/C25H32N3O2P/c1-6-30-31(29,24-18-16-23(17-19-24)28(4)5)25(26-21-10-8-7-9-11-21)20-12-14-22(15-13-20)27(2)3/h7-19,25-26H,6H2,1-5H3/t25-,31-/m0/s1. The van der Waals surface area contributed by atoms with Gasteiger partial charge in [-0.2, -0.15) is 0 Å². The van der Waals surface area contributed by atoms with E-state index in [9.17, 15) is 4.57 Å². The normalized spacial score (nSPS) is 13.8. The number of benzene rings is 3. The molecular weight excluding hydrogens is 405 g/mol. The maximum atomic E-state index is 14.5. The number of hydrogen-bond acceptors (Lipinski definition) is 5. The fourth-order valence-electron chi connectivity index (χ4n) is 3.46. The number of anilines is 3. The van der Waals surface area contributed by atoms with Gasteiger partial charge in [-0.1, -0.05) is 30.3 Å². The van der Waals surface area contributed by atoms with Gasteiger partial charge in [-0.15, -0.1) is 0 Å². The minimum Gasteiger partial charge on any atom is -0.378 e. The minimum atomic E-state index is -3.30. The van der Waals surface area contributed by atoms with Crippen molar-refractivity contribution in [2.75, 3.05) is 49.9 Å². The first-order valence-electron chi connectivity index (χ1n) is 10.5. The Balaban J connectivity index is 2.09. The third-order valence-electron chi connectivity index (χ3n) is 5.19. The molecule has 0 saturated carbocycles. The average Bonchev–Trinajstić information content (AvgIpc) is 2.78. The summed E-state index contributed by atoms with van der Waals surface area (Å²) in [5.74, 6) is -0.517. The van der Waals surface area contributed by atoms with Gasteiger partial charge in [0, 0.05) is 50.6 Å². The van der Waals surface area contributed by atoms with Gasteiger partial charge >= 0.3 is 0 Å². The highest BCUT2D eigenvalue weighted by Gasteiger charge is 2.37. The Morgan fingerprint density at radius 3 is 1.81 bits per heavy atom. The number of hydrogen-bond donors (Lipinski definition) is 1. The molecule has 164 valence electrons. The lowest BCUT2D eigenvalue weighted by Crippen LogP contribution is -2.21. The highest BCUT2D eigenvalue weighted by molar-refractivity contribution is 7.67. The molecule has 0 fully saturated rings. The summed E-state index contributed by atoms with van der Waals surface area (Å²) >= 11 is 0. The molecule has 0 bridgehead atoms. The van der Waals surface area contributed by atoms with E-state index in [1.54, 1.807) is 0 Å². The van der Waals surface area contributed by atoms with E-state index < -0.39 is 13.2 Å². The second kappa shape index (κ2) is 10.0. The van der Waals surface area contributed by atoms with Crippen molar-refractivity contribution in [1.29, 1.82) is 0 Å². The molecule has 0 spiro atoms. The quantitative estimate of drug-likeness (QED) is 0.444. The first-order valence-corrected chi connectivity index (χ1v) is 12.2. The van der Waals surface area contributed by atoms with Crippen molar-refractivity contribution in [3.05, 3.63) is 84.4 Å². The molecule has 0 amide bonds. The molecule has 3 aromatic rings. The van der Waals surface area contributed by atoms with Crippen LogP contribution in [-0.2, 0) is 9.09 Å². The van der Waals surface area contributed by atoms with Crippen LogP contribution in [0.25, 0.3) is 0 Å². The molecule has 6 heteroatoms. The molecule has 3 rings (SSSR count). The van der Waals surface area contributed by atoms with Crippen molar-refractivity contribution < 1.29 is 9.09 Å². The first kappa shape index (κ1) is 22.9. The summed E-state index contributed by atoms with van der Waals surface area (Å²) in [6.45, 7) is 2.24. The molecule has 5 nitrogen and oxygen atoms in total. The highest BCUT2D eigenvalue weighted by Crippen LogP contribution is 2.59. The maximum absolute atomic E-state index is 14.5. The van der Waals surface area contributed by atoms with E-state index in [1.807, 2.05) is 124 Å². The van der Waals surface area contributed by atoms with Crippen LogP contribution < -0.4 is 20.4 Å². The number of nitrogens with one attached hydrogen (secondary N) is 1. The van der Waals surface area contributed by atoms with Crippen LogP contribution in [0.2, 0.25) is 0 Å². The third-order valence-corrected chi connectivity index (χ3v) is 7.96. The van der Waals surface area contributed by atoms with E-state index in [0.29, 0.717) is 11.9 Å². The van der Waals surface area contributed by atoms with Crippen LogP contribution in [0.5, 0.6) is 0 Å². The Bertz CT molecular complexity index is 1000. The van der Waals surface area contributed by atoms with Crippen LogP contribution in [0.15, 0.2) is 78.9 Å². The highest BCUT2D eigenvalue weighted by atomic mass is 31.2. The fraction of sp³-hybridized carbons (Fsp3) is 0.280. The summed E-state index contributed by atoms with van der Waals surface area (Å²) in [7, 11) is 4.69. The van der Waals surface area contributed by atoms with Crippen molar-refractivity contribution in [3.8, 4) is 0 Å². The summed E-state index contributed by atoms with van der Waals surface area (Å²) < 4.78 is 20.6. The Hall–Kier alpha value is -2.75. The molecule has 0 heterocycles. The Labute approximate surface area is 186 Å². The minimum absolute atomic E-state index is 0.357. The summed E-state index contributed by atoms with van der Waals surface area (Å²) in [6, 6.07) is 25.8. The van der Waals surface area contributed by atoms with Crippen molar-refractivity contribution in [2.45, 2.75) is 12.7 Å². The molecule has 0 aromatic heterocycles. The molecular formula is C25H32N3O2P. The Kier molecular flexibility index (Phi) is 7.42. The summed E-state index contributed by atoms with van der Waals surface area (Å²) in [5, 5.41) is 4.19. The van der Waals surface area contributed by atoms with E-state index in [4.69, 9.17) is 4.52 Å². The van der Waals surface area contributed by atoms with Crippen molar-refractivity contribution in [3.63, 3.8) is 0 Å². The monoisotopic (exact) mass is 437 g/mol. The Morgan fingerprint density at radius 1 is 0.806 bits per heavy atom. The van der Waals surface area contributed by atoms with Gasteiger partial charge in [-0.05, 0) is 61.0 Å². The van der Waals surface area contributed by atoms with Crippen molar-refractivity contribution >= 4 is 29.7 Å². The predicted molar refractivity (Wildman–Crippen MR) is 133 cm³/mol. The zero-order valence-electron chi connectivity index (χ0n) is 18.9. The van der Waals surface area contributed by atoms with Crippen LogP contribution in [0.3, 0.4) is 0 Å². The lowest BCUT2D eigenvalue weighted by atomic mass is 10.2. The fourth-order valence-corrected chi connectivity index (χ4v) is 5.89. The van der Waals surface area contributed by atoms with Crippen LogP contribution in [0, 0.1) is 0 Å². The van der Waals surface area contributed by atoms with Crippen molar-refractivity contribution in [1.82, 2.24) is 0 Å². The van der Waals surface area contributed by atoms with Gasteiger partial charge in [0.15, 0.2) is 0 Å². The molecule has 0 saturated heterocycles. The van der Waals surface area contributed by atoms with Gasteiger partial charge in [0.05, 0.1) is 6.61 Å². The molecule has 0 aliphatic rings. The molecule has 0 aliphatic heterocycles. The second-order valence-electron chi connectivity index (χ2n) is 7.82. The molecule has 0 radical (unpaired) electrons. The lowest BCUT2D eigenvalue weighted by Gasteiger charge is -2.30. The predicted octanol–water partition coefficient (Wildman–Crippen LogP) is 5.57. The molecule has 31 heavy (non-hydrogen) atoms. The maximum Gasteiger partial charge on any atom is 0.258 e. The van der Waals surface area contributed by atoms with Crippen LogP contribution >= 0.6 is 7.37 Å².